The van der Waals surface area contributed by atoms with Crippen molar-refractivity contribution in [2.75, 3.05) is 0 Å². The molecule has 0 heterocycles. The molecule has 34 heavy (non-hydrogen) atoms. The van der Waals surface area contributed by atoms with Crippen LogP contribution in [-0.4, -0.2) is 0 Å². The van der Waals surface area contributed by atoms with Gasteiger partial charge < -0.3 is 4.74 Å². The van der Waals surface area contributed by atoms with Gasteiger partial charge in [-0.3, -0.25) is 0 Å². The summed E-state index contributed by atoms with van der Waals surface area (Å²) in [5.41, 5.74) is 3.40. The van der Waals surface area contributed by atoms with Crippen LogP contribution in [0.15, 0.2) is 48.7 Å². The molecule has 3 heteroatoms. The van der Waals surface area contributed by atoms with E-state index in [1.807, 2.05) is 0 Å². The SMILES string of the molecule is C/C=C/Oc1ccc(C2CCC(c3ccc(C4CCC(CCCC)CC4)cc3)CC2)c(F)c1F. The zero-order valence-electron chi connectivity index (χ0n) is 20.9. The van der Waals surface area contributed by atoms with Gasteiger partial charge >= 0.3 is 0 Å². The van der Waals surface area contributed by atoms with E-state index < -0.39 is 11.6 Å². The molecule has 0 bridgehead atoms. The topological polar surface area (TPSA) is 9.23 Å². The van der Waals surface area contributed by atoms with Crippen molar-refractivity contribution in [3.63, 3.8) is 0 Å². The quantitative estimate of drug-likeness (QED) is 0.352. The zero-order valence-corrected chi connectivity index (χ0v) is 20.9. The molecule has 0 aromatic heterocycles. The molecule has 0 unspecified atom stereocenters. The first kappa shape index (κ1) is 24.9. The van der Waals surface area contributed by atoms with Crippen molar-refractivity contribution in [2.24, 2.45) is 5.92 Å². The Hall–Kier alpha value is -2.16. The molecule has 2 aliphatic rings. The van der Waals surface area contributed by atoms with Crippen LogP contribution in [-0.2, 0) is 0 Å². The first-order valence-electron chi connectivity index (χ1n) is 13.5. The monoisotopic (exact) mass is 466 g/mol. The third-order valence-corrected chi connectivity index (χ3v) is 8.27. The van der Waals surface area contributed by atoms with Crippen LogP contribution in [0.1, 0.15) is 119 Å². The predicted octanol–water partition coefficient (Wildman–Crippen LogP) is 9.78. The highest BCUT2D eigenvalue weighted by atomic mass is 19.2. The molecule has 0 radical (unpaired) electrons. The summed E-state index contributed by atoms with van der Waals surface area (Å²) in [5.74, 6) is 0.569. The highest BCUT2D eigenvalue weighted by molar-refractivity contribution is 5.34. The third kappa shape index (κ3) is 5.90. The van der Waals surface area contributed by atoms with Crippen LogP contribution < -0.4 is 4.74 Å². The summed E-state index contributed by atoms with van der Waals surface area (Å²) in [4.78, 5) is 0. The largest absolute Gasteiger partial charge is 0.462 e. The average Bonchev–Trinajstić information content (AvgIpc) is 2.89. The van der Waals surface area contributed by atoms with Gasteiger partial charge in [-0.1, -0.05) is 62.6 Å². The van der Waals surface area contributed by atoms with Crippen LogP contribution in [0.2, 0.25) is 0 Å². The lowest BCUT2D eigenvalue weighted by atomic mass is 9.74. The molecule has 1 nitrogen and oxygen atoms in total. The van der Waals surface area contributed by atoms with Crippen LogP contribution in [0.25, 0.3) is 0 Å². The number of halogens is 2. The number of rotatable bonds is 8. The standard InChI is InChI=1S/C31H40F2O/c1-3-5-6-22-7-9-23(10-8-22)24-11-13-25(14-12-24)26-15-17-27(18-16-26)28-19-20-29(34-21-4-2)31(33)30(28)32/h4,11-14,19-23,26-27H,3,5-10,15-18H2,1-2H3/b21-4+. The molecule has 4 rings (SSSR count). The third-order valence-electron chi connectivity index (χ3n) is 8.27. The Balaban J connectivity index is 1.31. The van der Waals surface area contributed by atoms with Gasteiger partial charge in [0, 0.05) is 0 Å². The minimum Gasteiger partial charge on any atom is -0.462 e. The highest BCUT2D eigenvalue weighted by Crippen LogP contribution is 2.43. The van der Waals surface area contributed by atoms with Gasteiger partial charge in [0.05, 0.1) is 6.26 Å². The summed E-state index contributed by atoms with van der Waals surface area (Å²) in [6.07, 6.45) is 16.4. The van der Waals surface area contributed by atoms with Gasteiger partial charge in [-0.15, -0.1) is 0 Å². The smallest absolute Gasteiger partial charge is 0.201 e. The van der Waals surface area contributed by atoms with Crippen LogP contribution >= 0.6 is 0 Å². The zero-order chi connectivity index (χ0) is 23.9. The maximum absolute atomic E-state index is 14.7. The van der Waals surface area contributed by atoms with Crippen LogP contribution in [0.5, 0.6) is 5.75 Å². The number of allylic oxidation sites excluding steroid dienone is 1. The fraction of sp³-hybridized carbons (Fsp3) is 0.548. The molecular formula is C31H40F2O. The minimum absolute atomic E-state index is 0.0532. The van der Waals surface area contributed by atoms with Crippen molar-refractivity contribution in [3.8, 4) is 5.75 Å². The van der Waals surface area contributed by atoms with Crippen LogP contribution in [0.3, 0.4) is 0 Å². The number of ether oxygens (including phenoxy) is 1. The van der Waals surface area contributed by atoms with E-state index in [9.17, 15) is 8.78 Å². The van der Waals surface area contributed by atoms with Gasteiger partial charge in [0.25, 0.3) is 0 Å². The predicted molar refractivity (Wildman–Crippen MR) is 136 cm³/mol. The molecule has 2 saturated carbocycles. The number of benzene rings is 2. The molecule has 0 amide bonds. The van der Waals surface area contributed by atoms with Crippen LogP contribution in [0, 0.1) is 17.6 Å². The lowest BCUT2D eigenvalue weighted by Crippen LogP contribution is -2.15. The molecule has 2 aromatic carbocycles. The molecule has 0 N–H and O–H groups in total. The van der Waals surface area contributed by atoms with Gasteiger partial charge in [-0.2, -0.15) is 4.39 Å². The molecule has 0 aliphatic heterocycles. The Morgan fingerprint density at radius 1 is 0.765 bits per heavy atom. The van der Waals surface area contributed by atoms with E-state index in [4.69, 9.17) is 4.74 Å². The molecule has 2 aliphatic carbocycles. The van der Waals surface area contributed by atoms with Gasteiger partial charge in [0.2, 0.25) is 5.82 Å². The second-order valence-corrected chi connectivity index (χ2v) is 10.4. The number of hydrogen-bond acceptors (Lipinski definition) is 1. The first-order chi connectivity index (χ1) is 16.6. The Morgan fingerprint density at radius 3 is 1.88 bits per heavy atom. The lowest BCUT2D eigenvalue weighted by molar-refractivity contribution is 0.304. The average molecular weight is 467 g/mol. The maximum Gasteiger partial charge on any atom is 0.201 e. The Bertz CT molecular complexity index is 933. The Labute approximate surface area is 204 Å². The van der Waals surface area contributed by atoms with E-state index >= 15 is 0 Å². The highest BCUT2D eigenvalue weighted by Gasteiger charge is 2.28. The molecule has 0 spiro atoms. The van der Waals surface area contributed by atoms with Crippen molar-refractivity contribution < 1.29 is 13.5 Å². The molecule has 0 atom stereocenters. The van der Waals surface area contributed by atoms with Crippen molar-refractivity contribution in [2.45, 2.75) is 102 Å². The van der Waals surface area contributed by atoms with Gasteiger partial charge in [-0.25, -0.2) is 4.39 Å². The summed E-state index contributed by atoms with van der Waals surface area (Å²) in [7, 11) is 0. The molecule has 0 saturated heterocycles. The maximum atomic E-state index is 14.7. The number of hydrogen-bond donors (Lipinski definition) is 0. The molecule has 184 valence electrons. The van der Waals surface area contributed by atoms with Gasteiger partial charge in [0.1, 0.15) is 0 Å². The lowest BCUT2D eigenvalue weighted by Gasteiger charge is -2.31. The van der Waals surface area contributed by atoms with E-state index in [0.29, 0.717) is 11.5 Å². The summed E-state index contributed by atoms with van der Waals surface area (Å²) >= 11 is 0. The Morgan fingerprint density at radius 2 is 1.32 bits per heavy atom. The van der Waals surface area contributed by atoms with Crippen molar-refractivity contribution in [1.82, 2.24) is 0 Å². The van der Waals surface area contributed by atoms with E-state index in [0.717, 1.165) is 37.5 Å². The summed E-state index contributed by atoms with van der Waals surface area (Å²) in [6.45, 7) is 4.06. The second-order valence-electron chi connectivity index (χ2n) is 10.4. The summed E-state index contributed by atoms with van der Waals surface area (Å²) in [5, 5.41) is 0. The fourth-order valence-electron chi connectivity index (χ4n) is 6.15. The van der Waals surface area contributed by atoms with Crippen molar-refractivity contribution >= 4 is 0 Å². The minimum atomic E-state index is -0.882. The fourth-order valence-corrected chi connectivity index (χ4v) is 6.15. The van der Waals surface area contributed by atoms with Crippen molar-refractivity contribution in [1.29, 1.82) is 0 Å². The van der Waals surface area contributed by atoms with E-state index in [-0.39, 0.29) is 11.7 Å². The van der Waals surface area contributed by atoms with Crippen molar-refractivity contribution in [3.05, 3.63) is 77.1 Å². The molecule has 2 fully saturated rings. The number of unbranched alkanes of at least 4 members (excludes halogenated alkanes) is 1. The molecule has 2 aromatic rings. The van der Waals surface area contributed by atoms with Gasteiger partial charge in [-0.05, 0) is 105 Å². The van der Waals surface area contributed by atoms with E-state index in [1.54, 1.807) is 25.1 Å². The summed E-state index contributed by atoms with van der Waals surface area (Å²) in [6, 6.07) is 12.6. The van der Waals surface area contributed by atoms with Gasteiger partial charge in [0.15, 0.2) is 11.6 Å². The molecular weight excluding hydrogens is 426 g/mol. The second kappa shape index (κ2) is 12.0. The summed E-state index contributed by atoms with van der Waals surface area (Å²) < 4.78 is 34.3. The Kier molecular flexibility index (Phi) is 8.80. The van der Waals surface area contributed by atoms with E-state index in [2.05, 4.69) is 31.2 Å². The first-order valence-corrected chi connectivity index (χ1v) is 13.5. The normalized spacial score (nSPS) is 25.5. The van der Waals surface area contributed by atoms with Crippen LogP contribution in [0.4, 0.5) is 8.78 Å². The van der Waals surface area contributed by atoms with E-state index in [1.165, 1.54) is 62.3 Å².